The molecule has 2 N–H and O–H groups in total. The number of nitrogens with one attached hydrogen (secondary N) is 2. The zero-order valence-corrected chi connectivity index (χ0v) is 13.2. The third-order valence-corrected chi connectivity index (χ3v) is 3.29. The Morgan fingerprint density at radius 3 is 2.57 bits per heavy atom. The predicted molar refractivity (Wildman–Crippen MR) is 89.6 cm³/mol. The van der Waals surface area contributed by atoms with Gasteiger partial charge in [0.1, 0.15) is 12.4 Å². The Balaban J connectivity index is 1.78. The van der Waals surface area contributed by atoms with Crippen LogP contribution in [0.4, 0.5) is 10.5 Å². The van der Waals surface area contributed by atoms with Gasteiger partial charge in [0.2, 0.25) is 0 Å². The van der Waals surface area contributed by atoms with Crippen LogP contribution in [0.2, 0.25) is 0 Å². The van der Waals surface area contributed by atoms with Crippen molar-refractivity contribution < 1.29 is 9.53 Å². The van der Waals surface area contributed by atoms with Crippen LogP contribution in [0.5, 0.6) is 5.75 Å². The predicted octanol–water partition coefficient (Wildman–Crippen LogP) is 3.38. The van der Waals surface area contributed by atoms with Gasteiger partial charge in [0, 0.05) is 5.69 Å². The molecule has 0 radical (unpaired) electrons. The second-order valence-electron chi connectivity index (χ2n) is 5.14. The van der Waals surface area contributed by atoms with Gasteiger partial charge in [-0.3, -0.25) is 0 Å². The first kappa shape index (κ1) is 16.4. The average Bonchev–Trinajstić information content (AvgIpc) is 2.54. The van der Waals surface area contributed by atoms with Gasteiger partial charge in [-0.25, -0.2) is 4.79 Å². The third kappa shape index (κ3) is 4.75. The molecule has 2 rings (SSSR count). The van der Waals surface area contributed by atoms with Crippen molar-refractivity contribution in [1.82, 2.24) is 5.32 Å². The topological polar surface area (TPSA) is 74.2 Å². The maximum absolute atomic E-state index is 11.8. The summed E-state index contributed by atoms with van der Waals surface area (Å²) in [5, 5.41) is 14.2. The molecular formula is C18H19N3O2. The SMILES string of the molecule is Cc1cccc(C)c1OCCNC(=O)Nc1cccc(C#N)c1. The molecule has 0 fully saturated rings. The van der Waals surface area contributed by atoms with Crippen LogP contribution in [0, 0.1) is 25.2 Å². The lowest BCUT2D eigenvalue weighted by Gasteiger charge is -2.12. The van der Waals surface area contributed by atoms with Gasteiger partial charge in [-0.15, -0.1) is 0 Å². The number of urea groups is 1. The molecule has 0 aliphatic rings. The first-order valence-electron chi connectivity index (χ1n) is 7.34. The van der Waals surface area contributed by atoms with Crippen LogP contribution in [-0.4, -0.2) is 19.2 Å². The molecule has 0 bridgehead atoms. The Morgan fingerprint density at radius 1 is 1.17 bits per heavy atom. The van der Waals surface area contributed by atoms with Gasteiger partial charge in [-0.05, 0) is 43.2 Å². The first-order chi connectivity index (χ1) is 11.1. The Labute approximate surface area is 135 Å². The number of anilines is 1. The first-order valence-corrected chi connectivity index (χ1v) is 7.34. The van der Waals surface area contributed by atoms with Crippen molar-refractivity contribution in [2.24, 2.45) is 0 Å². The van der Waals surface area contributed by atoms with E-state index in [0.29, 0.717) is 24.4 Å². The molecule has 2 aromatic carbocycles. The molecule has 5 nitrogen and oxygen atoms in total. The smallest absolute Gasteiger partial charge is 0.319 e. The van der Waals surface area contributed by atoms with Gasteiger partial charge < -0.3 is 15.4 Å². The van der Waals surface area contributed by atoms with E-state index in [2.05, 4.69) is 10.6 Å². The van der Waals surface area contributed by atoms with E-state index in [0.717, 1.165) is 16.9 Å². The van der Waals surface area contributed by atoms with Crippen molar-refractivity contribution in [3.8, 4) is 11.8 Å². The number of para-hydroxylation sites is 1. The summed E-state index contributed by atoms with van der Waals surface area (Å²) in [6, 6.07) is 14.4. The van der Waals surface area contributed by atoms with Crippen LogP contribution < -0.4 is 15.4 Å². The number of ether oxygens (including phenoxy) is 1. The maximum Gasteiger partial charge on any atom is 0.319 e. The fraction of sp³-hybridized carbons (Fsp3) is 0.222. The van der Waals surface area contributed by atoms with Crippen molar-refractivity contribution in [2.45, 2.75) is 13.8 Å². The fourth-order valence-corrected chi connectivity index (χ4v) is 2.19. The minimum absolute atomic E-state index is 0.329. The molecule has 0 aromatic heterocycles. The minimum Gasteiger partial charge on any atom is -0.491 e. The summed E-state index contributed by atoms with van der Waals surface area (Å²) >= 11 is 0. The van der Waals surface area contributed by atoms with E-state index in [1.54, 1.807) is 24.3 Å². The Morgan fingerprint density at radius 2 is 1.87 bits per heavy atom. The third-order valence-electron chi connectivity index (χ3n) is 3.29. The van der Waals surface area contributed by atoms with Crippen molar-refractivity contribution in [3.63, 3.8) is 0 Å². The number of amides is 2. The van der Waals surface area contributed by atoms with Crippen LogP contribution in [-0.2, 0) is 0 Å². The van der Waals surface area contributed by atoms with Gasteiger partial charge in [0.15, 0.2) is 0 Å². The van der Waals surface area contributed by atoms with Gasteiger partial charge >= 0.3 is 6.03 Å². The number of carbonyl (C=O) groups excluding carboxylic acids is 1. The molecule has 2 aromatic rings. The van der Waals surface area contributed by atoms with Crippen LogP contribution in [0.25, 0.3) is 0 Å². The summed E-state index contributed by atoms with van der Waals surface area (Å²) in [6.45, 7) is 4.75. The van der Waals surface area contributed by atoms with Crippen LogP contribution in [0.3, 0.4) is 0 Å². The lowest BCUT2D eigenvalue weighted by Crippen LogP contribution is -2.32. The monoisotopic (exact) mass is 309 g/mol. The molecule has 2 amide bonds. The molecule has 0 saturated carbocycles. The lowest BCUT2D eigenvalue weighted by molar-refractivity contribution is 0.247. The van der Waals surface area contributed by atoms with Gasteiger partial charge in [0.25, 0.3) is 0 Å². The highest BCUT2D eigenvalue weighted by Gasteiger charge is 2.04. The van der Waals surface area contributed by atoms with Crippen molar-refractivity contribution >= 4 is 11.7 Å². The summed E-state index contributed by atoms with van der Waals surface area (Å²) in [7, 11) is 0. The second-order valence-corrected chi connectivity index (χ2v) is 5.14. The molecule has 0 atom stereocenters. The van der Waals surface area contributed by atoms with E-state index in [9.17, 15) is 4.79 Å². The molecular weight excluding hydrogens is 290 g/mol. The zero-order chi connectivity index (χ0) is 16.7. The largest absolute Gasteiger partial charge is 0.491 e. The fourth-order valence-electron chi connectivity index (χ4n) is 2.19. The van der Waals surface area contributed by atoms with Crippen LogP contribution >= 0.6 is 0 Å². The van der Waals surface area contributed by atoms with Crippen LogP contribution in [0.1, 0.15) is 16.7 Å². The number of aryl methyl sites for hydroxylation is 2. The normalized spacial score (nSPS) is 9.78. The molecule has 5 heteroatoms. The number of hydrogen-bond donors (Lipinski definition) is 2. The highest BCUT2D eigenvalue weighted by Crippen LogP contribution is 2.21. The van der Waals surface area contributed by atoms with Crippen molar-refractivity contribution in [1.29, 1.82) is 5.26 Å². The molecule has 0 aliphatic heterocycles. The van der Waals surface area contributed by atoms with Gasteiger partial charge in [0.05, 0.1) is 18.2 Å². The van der Waals surface area contributed by atoms with E-state index in [-0.39, 0.29) is 6.03 Å². The van der Waals surface area contributed by atoms with E-state index in [1.807, 2.05) is 38.1 Å². The highest BCUT2D eigenvalue weighted by molar-refractivity contribution is 5.89. The van der Waals surface area contributed by atoms with Crippen molar-refractivity contribution in [3.05, 3.63) is 59.2 Å². The molecule has 0 spiro atoms. The Hall–Kier alpha value is -3.00. The summed E-state index contributed by atoms with van der Waals surface area (Å²) in [6.07, 6.45) is 0. The highest BCUT2D eigenvalue weighted by atomic mass is 16.5. The molecule has 23 heavy (non-hydrogen) atoms. The molecule has 0 heterocycles. The zero-order valence-electron chi connectivity index (χ0n) is 13.2. The standard InChI is InChI=1S/C18H19N3O2/c1-13-5-3-6-14(2)17(13)23-10-9-20-18(22)21-16-8-4-7-15(11-16)12-19/h3-8,11H,9-10H2,1-2H3,(H2,20,21,22). The maximum atomic E-state index is 11.8. The quantitative estimate of drug-likeness (QED) is 0.832. The van der Waals surface area contributed by atoms with Crippen LogP contribution in [0.15, 0.2) is 42.5 Å². The molecule has 0 unspecified atom stereocenters. The average molecular weight is 309 g/mol. The number of nitriles is 1. The van der Waals surface area contributed by atoms with E-state index < -0.39 is 0 Å². The Kier molecular flexibility index (Phi) is 5.59. The number of benzene rings is 2. The van der Waals surface area contributed by atoms with E-state index in [1.165, 1.54) is 0 Å². The summed E-state index contributed by atoms with van der Waals surface area (Å²) in [5.74, 6) is 0.858. The Bertz CT molecular complexity index is 715. The number of hydrogen-bond acceptors (Lipinski definition) is 3. The second kappa shape index (κ2) is 7.85. The van der Waals surface area contributed by atoms with Crippen molar-refractivity contribution in [2.75, 3.05) is 18.5 Å². The summed E-state index contributed by atoms with van der Waals surface area (Å²) in [4.78, 5) is 11.8. The number of rotatable bonds is 5. The number of carbonyl (C=O) groups is 1. The molecule has 0 saturated heterocycles. The number of nitrogens with zero attached hydrogens (tertiary/aromatic N) is 1. The lowest BCUT2D eigenvalue weighted by atomic mass is 10.1. The van der Waals surface area contributed by atoms with Gasteiger partial charge in [-0.1, -0.05) is 24.3 Å². The summed E-state index contributed by atoms with van der Waals surface area (Å²) in [5.41, 5.74) is 3.23. The van der Waals surface area contributed by atoms with E-state index >= 15 is 0 Å². The molecule has 0 aliphatic carbocycles. The molecule has 118 valence electrons. The summed E-state index contributed by atoms with van der Waals surface area (Å²) < 4.78 is 5.72. The minimum atomic E-state index is -0.329. The van der Waals surface area contributed by atoms with Gasteiger partial charge in [-0.2, -0.15) is 5.26 Å². The van der Waals surface area contributed by atoms with E-state index in [4.69, 9.17) is 10.00 Å².